The Hall–Kier alpha value is -3.74. The maximum atomic E-state index is 12.6. The minimum absolute atomic E-state index is 0.000925. The molecule has 3 aliphatic rings. The molecule has 2 aromatic rings. The zero-order valence-corrected chi connectivity index (χ0v) is 18.8. The molecular weight excluding hydrogens is 432 g/mol. The Morgan fingerprint density at radius 3 is 2.38 bits per heavy atom. The van der Waals surface area contributed by atoms with Crippen LogP contribution < -0.4 is 0 Å². The van der Waals surface area contributed by atoms with Crippen molar-refractivity contribution < 1.29 is 24.7 Å². The van der Waals surface area contributed by atoms with Crippen molar-refractivity contribution in [3.63, 3.8) is 0 Å². The number of nitrogens with zero attached hydrogens (tertiary/aromatic N) is 2. The van der Waals surface area contributed by atoms with Gasteiger partial charge in [0.25, 0.3) is 11.8 Å². The van der Waals surface area contributed by atoms with Gasteiger partial charge in [0.05, 0.1) is 22.8 Å². The summed E-state index contributed by atoms with van der Waals surface area (Å²) in [5.74, 6) is -2.78. The Morgan fingerprint density at radius 1 is 1.00 bits per heavy atom. The Kier molecular flexibility index (Phi) is 5.77. The predicted octanol–water partition coefficient (Wildman–Crippen LogP) is 4.53. The van der Waals surface area contributed by atoms with E-state index in [0.29, 0.717) is 22.4 Å². The molecule has 0 bridgehead atoms. The fourth-order valence-electron chi connectivity index (χ4n) is 5.42. The number of aliphatic carboxylic acids is 1. The van der Waals surface area contributed by atoms with Gasteiger partial charge in [-0.05, 0) is 79.0 Å². The van der Waals surface area contributed by atoms with Crippen molar-refractivity contribution in [2.75, 3.05) is 6.54 Å². The lowest BCUT2D eigenvalue weighted by Gasteiger charge is -2.18. The van der Waals surface area contributed by atoms with E-state index in [-0.39, 0.29) is 19.4 Å². The molecule has 1 heterocycles. The van der Waals surface area contributed by atoms with Crippen molar-refractivity contribution in [1.82, 2.24) is 4.90 Å². The topological polar surface area (TPSA) is 107 Å². The molecule has 2 aliphatic carbocycles. The second kappa shape index (κ2) is 8.89. The van der Waals surface area contributed by atoms with E-state index in [1.807, 2.05) is 12.1 Å². The first-order valence-electron chi connectivity index (χ1n) is 11.7. The summed E-state index contributed by atoms with van der Waals surface area (Å²) in [4.78, 5) is 38.3. The van der Waals surface area contributed by atoms with Gasteiger partial charge in [-0.15, -0.1) is 0 Å². The van der Waals surface area contributed by atoms with E-state index in [0.717, 1.165) is 24.2 Å². The minimum Gasteiger partial charge on any atom is -0.481 e. The maximum absolute atomic E-state index is 12.6. The number of oxime groups is 1. The van der Waals surface area contributed by atoms with Gasteiger partial charge in [0.2, 0.25) is 0 Å². The lowest BCUT2D eigenvalue weighted by molar-refractivity contribution is -0.141. The number of allylic oxidation sites excluding steroid dienone is 2. The molecule has 1 aliphatic heterocycles. The summed E-state index contributed by atoms with van der Waals surface area (Å²) in [5, 5.41) is 23.0. The zero-order chi connectivity index (χ0) is 23.8. The minimum atomic E-state index is -1.06. The van der Waals surface area contributed by atoms with Gasteiger partial charge in [0.1, 0.15) is 0 Å². The SMILES string of the molecule is O=C(O)C(CCN1C(=O)c2ccccc2C1=O)CC(=NO)c1ccc2c(c1)CC1=C2CCCC1. The Bertz CT molecular complexity index is 1220. The van der Waals surface area contributed by atoms with Gasteiger partial charge in [-0.1, -0.05) is 35.0 Å². The molecule has 5 rings (SSSR count). The van der Waals surface area contributed by atoms with Crippen molar-refractivity contribution in [3.8, 4) is 0 Å². The quantitative estimate of drug-likeness (QED) is 0.274. The Morgan fingerprint density at radius 2 is 1.71 bits per heavy atom. The van der Waals surface area contributed by atoms with Crippen LogP contribution in [0.15, 0.2) is 53.2 Å². The normalized spacial score (nSPS) is 18.1. The number of hydrogen-bond donors (Lipinski definition) is 2. The highest BCUT2D eigenvalue weighted by Crippen LogP contribution is 2.41. The van der Waals surface area contributed by atoms with Gasteiger partial charge < -0.3 is 10.3 Å². The van der Waals surface area contributed by atoms with Crippen molar-refractivity contribution >= 4 is 29.1 Å². The number of benzene rings is 2. The maximum Gasteiger partial charge on any atom is 0.306 e. The highest BCUT2D eigenvalue weighted by Gasteiger charge is 2.36. The van der Waals surface area contributed by atoms with Gasteiger partial charge >= 0.3 is 5.97 Å². The van der Waals surface area contributed by atoms with Crippen LogP contribution in [-0.2, 0) is 11.2 Å². The first-order chi connectivity index (χ1) is 16.5. The van der Waals surface area contributed by atoms with Crippen LogP contribution in [-0.4, -0.2) is 45.3 Å². The third kappa shape index (κ3) is 3.81. The molecule has 34 heavy (non-hydrogen) atoms. The number of imide groups is 1. The molecule has 0 saturated heterocycles. The average molecular weight is 459 g/mol. The van der Waals surface area contributed by atoms with Crippen molar-refractivity contribution in [2.24, 2.45) is 11.1 Å². The predicted molar refractivity (Wildman–Crippen MR) is 126 cm³/mol. The fraction of sp³-hybridized carbons (Fsp3) is 0.333. The van der Waals surface area contributed by atoms with Gasteiger partial charge in [-0.3, -0.25) is 19.3 Å². The van der Waals surface area contributed by atoms with Crippen molar-refractivity contribution in [2.45, 2.75) is 44.9 Å². The highest BCUT2D eigenvalue weighted by molar-refractivity contribution is 6.21. The smallest absolute Gasteiger partial charge is 0.306 e. The van der Waals surface area contributed by atoms with Gasteiger partial charge in [-0.25, -0.2) is 0 Å². The molecule has 1 unspecified atom stereocenters. The molecule has 0 radical (unpaired) electrons. The summed E-state index contributed by atoms with van der Waals surface area (Å²) >= 11 is 0. The second-order valence-corrected chi connectivity index (χ2v) is 9.22. The Labute approximate surface area is 197 Å². The first-order valence-corrected chi connectivity index (χ1v) is 11.7. The third-order valence-corrected chi connectivity index (χ3v) is 7.24. The van der Waals surface area contributed by atoms with Crippen molar-refractivity contribution in [1.29, 1.82) is 0 Å². The molecule has 7 nitrogen and oxygen atoms in total. The van der Waals surface area contributed by atoms with E-state index >= 15 is 0 Å². The van der Waals surface area contributed by atoms with E-state index < -0.39 is 23.7 Å². The number of carbonyl (C=O) groups is 3. The summed E-state index contributed by atoms with van der Waals surface area (Å²) in [5.41, 5.74) is 7.07. The number of hydrogen-bond acceptors (Lipinski definition) is 5. The number of carboxylic acid groups (broad SMARTS) is 1. The average Bonchev–Trinajstić information content (AvgIpc) is 3.34. The van der Waals surface area contributed by atoms with Crippen LogP contribution in [0.4, 0.5) is 0 Å². The van der Waals surface area contributed by atoms with Gasteiger partial charge in [-0.2, -0.15) is 0 Å². The van der Waals surface area contributed by atoms with Crippen LogP contribution >= 0.6 is 0 Å². The molecule has 0 saturated carbocycles. The number of carboxylic acids is 1. The molecule has 7 heteroatoms. The summed E-state index contributed by atoms with van der Waals surface area (Å²) in [6.07, 6.45) is 5.62. The molecule has 174 valence electrons. The van der Waals surface area contributed by atoms with Crippen LogP contribution in [0.2, 0.25) is 0 Å². The van der Waals surface area contributed by atoms with Crippen LogP contribution in [0, 0.1) is 5.92 Å². The zero-order valence-electron chi connectivity index (χ0n) is 18.8. The highest BCUT2D eigenvalue weighted by atomic mass is 16.4. The molecular formula is C27H26N2O5. The molecule has 0 aromatic heterocycles. The van der Waals surface area contributed by atoms with Gasteiger partial charge in [0, 0.05) is 13.0 Å². The van der Waals surface area contributed by atoms with Crippen LogP contribution in [0.5, 0.6) is 0 Å². The monoisotopic (exact) mass is 458 g/mol. The van der Waals surface area contributed by atoms with Crippen LogP contribution in [0.1, 0.15) is 75.9 Å². The summed E-state index contributed by atoms with van der Waals surface area (Å²) in [6, 6.07) is 12.5. The second-order valence-electron chi connectivity index (χ2n) is 9.22. The van der Waals surface area contributed by atoms with E-state index in [1.54, 1.807) is 24.3 Å². The molecule has 2 aromatic carbocycles. The molecule has 2 amide bonds. The molecule has 0 spiro atoms. The first kappa shape index (κ1) is 22.1. The summed E-state index contributed by atoms with van der Waals surface area (Å²) in [7, 11) is 0. The van der Waals surface area contributed by atoms with E-state index in [2.05, 4.69) is 11.2 Å². The Balaban J connectivity index is 1.29. The lowest BCUT2D eigenvalue weighted by Crippen LogP contribution is -2.33. The largest absolute Gasteiger partial charge is 0.481 e. The standard InChI is InChI=1S/C27H26N2O5/c30-25-22-7-3-4-8-23(22)26(31)29(25)12-11-18(27(32)33)15-24(28-34)17-9-10-21-19(14-17)13-16-5-1-2-6-20(16)21/h3-4,7-10,14,18,34H,1-2,5-6,11-13,15H2,(H,32,33). The van der Waals surface area contributed by atoms with Crippen molar-refractivity contribution in [3.05, 3.63) is 75.9 Å². The molecule has 0 fully saturated rings. The fourth-order valence-corrected chi connectivity index (χ4v) is 5.42. The lowest BCUT2D eigenvalue weighted by atomic mass is 9.91. The number of amides is 2. The van der Waals surface area contributed by atoms with Gasteiger partial charge in [0.15, 0.2) is 0 Å². The summed E-state index contributed by atoms with van der Waals surface area (Å²) in [6.45, 7) is -0.0111. The van der Waals surface area contributed by atoms with Crippen LogP contribution in [0.3, 0.4) is 0 Å². The third-order valence-electron chi connectivity index (χ3n) is 7.24. The molecule has 1 atom stereocenters. The molecule has 2 N–H and O–H groups in total. The van der Waals surface area contributed by atoms with E-state index in [1.165, 1.54) is 35.1 Å². The number of rotatable bonds is 7. The van der Waals surface area contributed by atoms with E-state index in [9.17, 15) is 24.7 Å². The number of fused-ring (bicyclic) bond motifs is 3. The van der Waals surface area contributed by atoms with Crippen LogP contribution in [0.25, 0.3) is 5.57 Å². The summed E-state index contributed by atoms with van der Waals surface area (Å²) < 4.78 is 0. The van der Waals surface area contributed by atoms with E-state index in [4.69, 9.17) is 0 Å². The number of carbonyl (C=O) groups excluding carboxylic acids is 2.